The van der Waals surface area contributed by atoms with Crippen LogP contribution in [0.3, 0.4) is 0 Å². The molecule has 5 heteroatoms. The van der Waals surface area contributed by atoms with E-state index in [0.717, 1.165) is 5.56 Å². The molecule has 1 unspecified atom stereocenters. The van der Waals surface area contributed by atoms with Gasteiger partial charge in [0.2, 0.25) is 0 Å². The standard InChI is InChI=1S/C16H16F3NO/c1-10-7-8-13(17)12(9-10)15(20-2)11-5-3-4-6-14(11)21-16(18)19/h3-9,15-16,20H,1-2H3. The van der Waals surface area contributed by atoms with E-state index in [0.29, 0.717) is 11.1 Å². The molecule has 0 radical (unpaired) electrons. The predicted octanol–water partition coefficient (Wildman–Crippen LogP) is 4.04. The monoisotopic (exact) mass is 295 g/mol. The van der Waals surface area contributed by atoms with E-state index < -0.39 is 18.5 Å². The Kier molecular flexibility index (Phi) is 4.85. The van der Waals surface area contributed by atoms with E-state index in [4.69, 9.17) is 0 Å². The highest BCUT2D eigenvalue weighted by molar-refractivity contribution is 5.42. The zero-order chi connectivity index (χ0) is 15.4. The molecule has 0 amide bonds. The maximum absolute atomic E-state index is 14.1. The number of aryl methyl sites for hydroxylation is 1. The molecule has 0 fully saturated rings. The van der Waals surface area contributed by atoms with Gasteiger partial charge in [-0.25, -0.2) is 4.39 Å². The molecule has 0 spiro atoms. The Morgan fingerprint density at radius 3 is 2.43 bits per heavy atom. The Bertz CT molecular complexity index is 616. The first-order valence-corrected chi connectivity index (χ1v) is 6.50. The summed E-state index contributed by atoms with van der Waals surface area (Å²) in [6, 6.07) is 10.5. The average Bonchev–Trinajstić information content (AvgIpc) is 2.44. The van der Waals surface area contributed by atoms with Crippen LogP contribution in [0.25, 0.3) is 0 Å². The Morgan fingerprint density at radius 2 is 1.76 bits per heavy atom. The van der Waals surface area contributed by atoms with E-state index in [9.17, 15) is 13.2 Å². The molecule has 1 N–H and O–H groups in total. The van der Waals surface area contributed by atoms with E-state index in [2.05, 4.69) is 10.1 Å². The van der Waals surface area contributed by atoms with Gasteiger partial charge in [-0.3, -0.25) is 0 Å². The molecule has 0 saturated heterocycles. The van der Waals surface area contributed by atoms with Gasteiger partial charge in [-0.2, -0.15) is 8.78 Å². The van der Waals surface area contributed by atoms with Gasteiger partial charge in [-0.05, 0) is 26.1 Å². The number of nitrogens with one attached hydrogen (secondary N) is 1. The van der Waals surface area contributed by atoms with Gasteiger partial charge < -0.3 is 10.1 Å². The first-order chi connectivity index (χ1) is 10.0. The van der Waals surface area contributed by atoms with Gasteiger partial charge in [0.05, 0.1) is 6.04 Å². The summed E-state index contributed by atoms with van der Waals surface area (Å²) in [5, 5.41) is 2.95. The second-order valence-electron chi connectivity index (χ2n) is 4.66. The molecule has 1 atom stereocenters. The molecular weight excluding hydrogens is 279 g/mol. The van der Waals surface area contributed by atoms with Crippen LogP contribution in [0.5, 0.6) is 5.75 Å². The second-order valence-corrected chi connectivity index (χ2v) is 4.66. The van der Waals surface area contributed by atoms with Crippen molar-refractivity contribution >= 4 is 0 Å². The summed E-state index contributed by atoms with van der Waals surface area (Å²) in [6.45, 7) is -1.08. The largest absolute Gasteiger partial charge is 0.434 e. The van der Waals surface area contributed by atoms with Crippen LogP contribution in [0.2, 0.25) is 0 Å². The smallest absolute Gasteiger partial charge is 0.387 e. The lowest BCUT2D eigenvalue weighted by molar-refractivity contribution is -0.0506. The molecule has 0 aliphatic heterocycles. The van der Waals surface area contributed by atoms with Crippen LogP contribution in [0.4, 0.5) is 13.2 Å². The van der Waals surface area contributed by atoms with Crippen molar-refractivity contribution in [3.63, 3.8) is 0 Å². The number of benzene rings is 2. The minimum atomic E-state index is -2.92. The van der Waals surface area contributed by atoms with Crippen molar-refractivity contribution in [3.05, 3.63) is 65.0 Å². The highest BCUT2D eigenvalue weighted by Gasteiger charge is 2.21. The van der Waals surface area contributed by atoms with Gasteiger partial charge in [0.25, 0.3) is 0 Å². The SMILES string of the molecule is CNC(c1cc(C)ccc1F)c1ccccc1OC(F)F. The minimum Gasteiger partial charge on any atom is -0.434 e. The van der Waals surface area contributed by atoms with Crippen molar-refractivity contribution < 1.29 is 17.9 Å². The summed E-state index contributed by atoms with van der Waals surface area (Å²) < 4.78 is 43.6. The molecular formula is C16H16F3NO. The zero-order valence-corrected chi connectivity index (χ0v) is 11.7. The van der Waals surface area contributed by atoms with Gasteiger partial charge in [0.15, 0.2) is 0 Å². The van der Waals surface area contributed by atoms with Crippen LogP contribution in [0, 0.1) is 12.7 Å². The van der Waals surface area contributed by atoms with Gasteiger partial charge in [-0.1, -0.05) is 35.9 Å². The third-order valence-electron chi connectivity index (χ3n) is 3.20. The van der Waals surface area contributed by atoms with Crippen molar-refractivity contribution in [3.8, 4) is 5.75 Å². The second kappa shape index (κ2) is 6.63. The molecule has 21 heavy (non-hydrogen) atoms. The summed E-state index contributed by atoms with van der Waals surface area (Å²) in [7, 11) is 1.64. The molecule has 2 aromatic carbocycles. The van der Waals surface area contributed by atoms with E-state index in [1.807, 2.05) is 6.92 Å². The Hall–Kier alpha value is -2.01. The van der Waals surface area contributed by atoms with Crippen LogP contribution in [-0.4, -0.2) is 13.7 Å². The number of hydrogen-bond donors (Lipinski definition) is 1. The van der Waals surface area contributed by atoms with Crippen molar-refractivity contribution in [2.45, 2.75) is 19.6 Å². The average molecular weight is 295 g/mol. The lowest BCUT2D eigenvalue weighted by atomic mass is 9.96. The number of rotatable bonds is 5. The van der Waals surface area contributed by atoms with Crippen LogP contribution in [0.1, 0.15) is 22.7 Å². The fraction of sp³-hybridized carbons (Fsp3) is 0.250. The van der Waals surface area contributed by atoms with E-state index in [1.54, 1.807) is 37.4 Å². The molecule has 0 heterocycles. The summed E-state index contributed by atoms with van der Waals surface area (Å²) in [4.78, 5) is 0. The van der Waals surface area contributed by atoms with E-state index >= 15 is 0 Å². The van der Waals surface area contributed by atoms with Crippen LogP contribution in [0.15, 0.2) is 42.5 Å². The first-order valence-electron chi connectivity index (χ1n) is 6.50. The van der Waals surface area contributed by atoms with Crippen LogP contribution < -0.4 is 10.1 Å². The zero-order valence-electron chi connectivity index (χ0n) is 11.7. The van der Waals surface area contributed by atoms with Crippen LogP contribution >= 0.6 is 0 Å². The fourth-order valence-corrected chi connectivity index (χ4v) is 2.29. The van der Waals surface area contributed by atoms with Gasteiger partial charge in [-0.15, -0.1) is 0 Å². The molecule has 112 valence electrons. The topological polar surface area (TPSA) is 21.3 Å². The quantitative estimate of drug-likeness (QED) is 0.898. The number of halogens is 3. The molecule has 0 bridgehead atoms. The molecule has 2 aromatic rings. The lowest BCUT2D eigenvalue weighted by Gasteiger charge is -2.21. The third-order valence-corrected chi connectivity index (χ3v) is 3.20. The van der Waals surface area contributed by atoms with Gasteiger partial charge in [0, 0.05) is 11.1 Å². The summed E-state index contributed by atoms with van der Waals surface area (Å²) >= 11 is 0. The summed E-state index contributed by atoms with van der Waals surface area (Å²) in [5.74, 6) is -0.362. The number of alkyl halides is 2. The lowest BCUT2D eigenvalue weighted by Crippen LogP contribution is -2.20. The number of ether oxygens (including phenoxy) is 1. The molecule has 0 aromatic heterocycles. The van der Waals surface area contributed by atoms with Crippen molar-refractivity contribution in [1.29, 1.82) is 0 Å². The first kappa shape index (κ1) is 15.4. The number of para-hydroxylation sites is 1. The molecule has 2 rings (SSSR count). The van der Waals surface area contributed by atoms with E-state index in [1.165, 1.54) is 12.1 Å². The molecule has 2 nitrogen and oxygen atoms in total. The number of hydrogen-bond acceptors (Lipinski definition) is 2. The highest BCUT2D eigenvalue weighted by atomic mass is 19.3. The van der Waals surface area contributed by atoms with E-state index in [-0.39, 0.29) is 5.75 Å². The summed E-state index contributed by atoms with van der Waals surface area (Å²) in [6.07, 6.45) is 0. The van der Waals surface area contributed by atoms with Gasteiger partial charge >= 0.3 is 6.61 Å². The Labute approximate surface area is 121 Å². The maximum atomic E-state index is 14.1. The van der Waals surface area contributed by atoms with Gasteiger partial charge in [0.1, 0.15) is 11.6 Å². The molecule has 0 aliphatic rings. The van der Waals surface area contributed by atoms with Crippen molar-refractivity contribution in [2.75, 3.05) is 7.05 Å². The minimum absolute atomic E-state index is 0.0350. The fourth-order valence-electron chi connectivity index (χ4n) is 2.29. The molecule has 0 saturated carbocycles. The van der Waals surface area contributed by atoms with Crippen LogP contribution in [-0.2, 0) is 0 Å². The maximum Gasteiger partial charge on any atom is 0.387 e. The Morgan fingerprint density at radius 1 is 1.05 bits per heavy atom. The summed E-state index contributed by atoms with van der Waals surface area (Å²) in [5.41, 5.74) is 1.74. The van der Waals surface area contributed by atoms with Crippen molar-refractivity contribution in [2.24, 2.45) is 0 Å². The predicted molar refractivity (Wildman–Crippen MR) is 75.1 cm³/mol. The van der Waals surface area contributed by atoms with Crippen molar-refractivity contribution in [1.82, 2.24) is 5.32 Å². The molecule has 0 aliphatic carbocycles. The highest BCUT2D eigenvalue weighted by Crippen LogP contribution is 2.32. The Balaban J connectivity index is 2.49. The normalized spacial score (nSPS) is 12.5. The third kappa shape index (κ3) is 3.55.